The molecule has 0 saturated heterocycles. The molecule has 0 unspecified atom stereocenters. The Balaban J connectivity index is 2.45. The first kappa shape index (κ1) is 13.7. The van der Waals surface area contributed by atoms with Crippen LogP contribution in [0, 0.1) is 0 Å². The summed E-state index contributed by atoms with van der Waals surface area (Å²) in [4.78, 5) is 0. The predicted molar refractivity (Wildman–Crippen MR) is 59.7 cm³/mol. The summed E-state index contributed by atoms with van der Waals surface area (Å²) < 4.78 is 63.2. The normalized spacial score (nSPS) is 13.1. The lowest BCUT2D eigenvalue weighted by molar-refractivity contribution is -0.136. The number of nitrogens with zero attached hydrogens (tertiary/aromatic N) is 3. The second-order valence-corrected chi connectivity index (χ2v) is 5.66. The number of aromatic nitrogens is 3. The third-order valence-corrected chi connectivity index (χ3v) is 2.97. The maximum atomic E-state index is 12.7. The van der Waals surface area contributed by atoms with E-state index in [1.165, 1.54) is 12.3 Å². The molecule has 0 aliphatic rings. The van der Waals surface area contributed by atoms with Crippen molar-refractivity contribution in [3.05, 3.63) is 29.7 Å². The summed E-state index contributed by atoms with van der Waals surface area (Å²) >= 11 is 0. The van der Waals surface area contributed by atoms with E-state index in [0.717, 1.165) is 16.7 Å². The van der Waals surface area contributed by atoms with Crippen molar-refractivity contribution < 1.29 is 21.6 Å². The number of sulfonamides is 1. The SMILES string of the molecule is CS(=O)(=O)NCc1nnc2c(C(F)(F)F)cccn12. The molecule has 6 nitrogen and oxygen atoms in total. The van der Waals surface area contributed by atoms with Gasteiger partial charge in [-0.25, -0.2) is 13.1 Å². The molecular formula is C9H9F3N4O2S. The van der Waals surface area contributed by atoms with Crippen molar-refractivity contribution in [2.24, 2.45) is 0 Å². The molecule has 0 aliphatic heterocycles. The van der Waals surface area contributed by atoms with E-state index in [2.05, 4.69) is 14.9 Å². The number of hydrogen-bond acceptors (Lipinski definition) is 4. The molecule has 0 aliphatic carbocycles. The number of nitrogens with one attached hydrogen (secondary N) is 1. The fourth-order valence-corrected chi connectivity index (χ4v) is 1.89. The molecular weight excluding hydrogens is 285 g/mol. The summed E-state index contributed by atoms with van der Waals surface area (Å²) in [6, 6.07) is 2.08. The van der Waals surface area contributed by atoms with Crippen molar-refractivity contribution in [3.8, 4) is 0 Å². The summed E-state index contributed by atoms with van der Waals surface area (Å²) in [5, 5.41) is 7.00. The molecule has 0 atom stereocenters. The third kappa shape index (κ3) is 3.01. The summed E-state index contributed by atoms with van der Waals surface area (Å²) in [6.45, 7) is -0.235. The number of fused-ring (bicyclic) bond motifs is 1. The molecule has 0 saturated carbocycles. The van der Waals surface area contributed by atoms with Gasteiger partial charge in [0.05, 0.1) is 12.8 Å². The van der Waals surface area contributed by atoms with Gasteiger partial charge in [-0.15, -0.1) is 10.2 Å². The smallest absolute Gasteiger partial charge is 0.285 e. The van der Waals surface area contributed by atoms with Crippen LogP contribution in [0.5, 0.6) is 0 Å². The lowest BCUT2D eigenvalue weighted by Gasteiger charge is -2.07. The highest BCUT2D eigenvalue weighted by atomic mass is 32.2. The zero-order valence-electron chi connectivity index (χ0n) is 9.64. The van der Waals surface area contributed by atoms with Crippen molar-refractivity contribution >= 4 is 15.7 Å². The van der Waals surface area contributed by atoms with Crippen LogP contribution in [0.4, 0.5) is 13.2 Å². The molecule has 0 bridgehead atoms. The van der Waals surface area contributed by atoms with Gasteiger partial charge in [-0.1, -0.05) is 0 Å². The molecule has 0 radical (unpaired) electrons. The van der Waals surface area contributed by atoms with E-state index in [4.69, 9.17) is 0 Å². The van der Waals surface area contributed by atoms with Crippen LogP contribution >= 0.6 is 0 Å². The van der Waals surface area contributed by atoms with Crippen LogP contribution in [0.15, 0.2) is 18.3 Å². The quantitative estimate of drug-likeness (QED) is 0.908. The molecule has 0 aromatic carbocycles. The van der Waals surface area contributed by atoms with E-state index in [1.807, 2.05) is 0 Å². The number of pyridine rings is 1. The van der Waals surface area contributed by atoms with Crippen molar-refractivity contribution in [2.75, 3.05) is 6.26 Å². The fraction of sp³-hybridized carbons (Fsp3) is 0.333. The minimum absolute atomic E-state index is 0.0755. The molecule has 104 valence electrons. The zero-order valence-corrected chi connectivity index (χ0v) is 10.5. The average Bonchev–Trinajstić information content (AvgIpc) is 2.66. The van der Waals surface area contributed by atoms with Crippen LogP contribution in [0.25, 0.3) is 5.65 Å². The van der Waals surface area contributed by atoms with Gasteiger partial charge < -0.3 is 0 Å². The van der Waals surface area contributed by atoms with Crippen LogP contribution in [-0.2, 0) is 22.7 Å². The number of halogens is 3. The Morgan fingerprint density at radius 1 is 1.37 bits per heavy atom. The first-order valence-electron chi connectivity index (χ1n) is 5.03. The summed E-state index contributed by atoms with van der Waals surface area (Å²) in [6.07, 6.45) is -2.27. The van der Waals surface area contributed by atoms with Gasteiger partial charge in [-0.2, -0.15) is 13.2 Å². The number of hydrogen-bond donors (Lipinski definition) is 1. The Hall–Kier alpha value is -1.68. The maximum Gasteiger partial charge on any atom is 0.420 e. The molecule has 19 heavy (non-hydrogen) atoms. The molecule has 2 heterocycles. The van der Waals surface area contributed by atoms with Gasteiger partial charge in [0, 0.05) is 6.20 Å². The maximum absolute atomic E-state index is 12.7. The Labute approximate surface area is 106 Å². The molecule has 2 rings (SSSR count). The minimum atomic E-state index is -4.54. The molecule has 2 aromatic heterocycles. The molecule has 0 spiro atoms. The first-order valence-corrected chi connectivity index (χ1v) is 6.92. The lowest BCUT2D eigenvalue weighted by Crippen LogP contribution is -2.22. The second kappa shape index (κ2) is 4.46. The van der Waals surface area contributed by atoms with E-state index in [1.54, 1.807) is 0 Å². The highest BCUT2D eigenvalue weighted by Crippen LogP contribution is 2.31. The second-order valence-electron chi connectivity index (χ2n) is 3.82. The van der Waals surface area contributed by atoms with Crippen LogP contribution in [0.1, 0.15) is 11.4 Å². The van der Waals surface area contributed by atoms with Gasteiger partial charge in [0.1, 0.15) is 5.56 Å². The van der Waals surface area contributed by atoms with Gasteiger partial charge in [-0.05, 0) is 12.1 Å². The van der Waals surface area contributed by atoms with Gasteiger partial charge in [0.25, 0.3) is 0 Å². The fourth-order valence-electron chi connectivity index (χ4n) is 1.50. The van der Waals surface area contributed by atoms with Gasteiger partial charge >= 0.3 is 6.18 Å². The first-order chi connectivity index (χ1) is 8.68. The van der Waals surface area contributed by atoms with Crippen molar-refractivity contribution in [1.82, 2.24) is 19.3 Å². The zero-order chi connectivity index (χ0) is 14.3. The van der Waals surface area contributed by atoms with E-state index in [-0.39, 0.29) is 18.0 Å². The standard InChI is InChI=1S/C9H9F3N4O2S/c1-19(17,18)13-5-7-14-15-8-6(9(10,11)12)3-2-4-16(7)8/h2-4,13H,5H2,1H3. The third-order valence-electron chi connectivity index (χ3n) is 2.30. The predicted octanol–water partition coefficient (Wildman–Crippen LogP) is 0.797. The Morgan fingerprint density at radius 3 is 2.63 bits per heavy atom. The minimum Gasteiger partial charge on any atom is -0.285 e. The number of alkyl halides is 3. The molecule has 2 aromatic rings. The monoisotopic (exact) mass is 294 g/mol. The van der Waals surface area contributed by atoms with E-state index >= 15 is 0 Å². The highest BCUT2D eigenvalue weighted by molar-refractivity contribution is 7.88. The Morgan fingerprint density at radius 2 is 2.05 bits per heavy atom. The van der Waals surface area contributed by atoms with Crippen LogP contribution in [0.2, 0.25) is 0 Å². The highest BCUT2D eigenvalue weighted by Gasteiger charge is 2.34. The summed E-state index contributed by atoms with van der Waals surface area (Å²) in [5.74, 6) is 0.0755. The lowest BCUT2D eigenvalue weighted by atomic mass is 10.2. The van der Waals surface area contributed by atoms with Crippen LogP contribution < -0.4 is 4.72 Å². The Kier molecular flexibility index (Phi) is 3.22. The van der Waals surface area contributed by atoms with Gasteiger partial charge in [0.2, 0.25) is 10.0 Å². The molecule has 0 amide bonds. The topological polar surface area (TPSA) is 76.4 Å². The largest absolute Gasteiger partial charge is 0.420 e. The van der Waals surface area contributed by atoms with Crippen LogP contribution in [-0.4, -0.2) is 29.3 Å². The van der Waals surface area contributed by atoms with Crippen molar-refractivity contribution in [2.45, 2.75) is 12.7 Å². The van der Waals surface area contributed by atoms with E-state index in [9.17, 15) is 21.6 Å². The number of rotatable bonds is 3. The van der Waals surface area contributed by atoms with E-state index < -0.39 is 21.8 Å². The molecule has 0 fully saturated rings. The van der Waals surface area contributed by atoms with Crippen molar-refractivity contribution in [1.29, 1.82) is 0 Å². The average molecular weight is 294 g/mol. The summed E-state index contributed by atoms with van der Waals surface area (Å²) in [5.41, 5.74) is -1.28. The molecule has 10 heteroatoms. The van der Waals surface area contributed by atoms with Gasteiger partial charge in [-0.3, -0.25) is 4.40 Å². The van der Waals surface area contributed by atoms with Gasteiger partial charge in [0.15, 0.2) is 11.5 Å². The summed E-state index contributed by atoms with van der Waals surface area (Å²) in [7, 11) is -3.46. The van der Waals surface area contributed by atoms with E-state index in [0.29, 0.717) is 0 Å². The van der Waals surface area contributed by atoms with Crippen LogP contribution in [0.3, 0.4) is 0 Å². The Bertz CT molecular complexity index is 708. The van der Waals surface area contributed by atoms with Crippen molar-refractivity contribution in [3.63, 3.8) is 0 Å². The molecule has 1 N–H and O–H groups in total.